The van der Waals surface area contributed by atoms with Gasteiger partial charge in [-0.1, -0.05) is 152 Å². The molecule has 6 aromatic carbocycles. The Kier molecular flexibility index (Phi) is 5.88. The molecular weight excluding hydrogens is 472 g/mol. The van der Waals surface area contributed by atoms with E-state index in [1.165, 1.54) is 27.8 Å². The number of hydrogen-bond acceptors (Lipinski definition) is 1. The van der Waals surface area contributed by atoms with Crippen molar-refractivity contribution in [3.05, 3.63) is 158 Å². The van der Waals surface area contributed by atoms with Crippen LogP contribution in [0.2, 0.25) is 0 Å². The van der Waals surface area contributed by atoms with Crippen molar-refractivity contribution in [2.75, 3.05) is 0 Å². The van der Waals surface area contributed by atoms with E-state index in [-0.39, 0.29) is 0 Å². The van der Waals surface area contributed by atoms with E-state index in [1.807, 2.05) is 6.07 Å². The minimum atomic E-state index is 0.893. The van der Waals surface area contributed by atoms with Crippen LogP contribution >= 0.6 is 0 Å². The molecule has 0 unspecified atom stereocenters. The predicted octanol–water partition coefficient (Wildman–Crippen LogP) is 10.8. The molecule has 0 amide bonds. The van der Waals surface area contributed by atoms with Crippen molar-refractivity contribution in [1.82, 2.24) is 0 Å². The summed E-state index contributed by atoms with van der Waals surface area (Å²) in [6.45, 7) is 0. The summed E-state index contributed by atoms with van der Waals surface area (Å²) in [5.74, 6) is 1.79. The summed E-state index contributed by atoms with van der Waals surface area (Å²) < 4.78 is 6.84. The number of rotatable bonds is 5. The fraction of sp³-hybridized carbons (Fsp3) is 0. The molecule has 0 saturated carbocycles. The van der Waals surface area contributed by atoms with Crippen LogP contribution in [-0.2, 0) is 0 Å². The summed E-state index contributed by atoms with van der Waals surface area (Å²) in [6.07, 6.45) is 0. The first-order valence-electron chi connectivity index (χ1n) is 13.3. The van der Waals surface area contributed by atoms with Crippen molar-refractivity contribution >= 4 is 10.8 Å². The van der Waals surface area contributed by atoms with Gasteiger partial charge >= 0.3 is 0 Å². The van der Waals surface area contributed by atoms with Gasteiger partial charge in [0.15, 0.2) is 0 Å². The van der Waals surface area contributed by atoms with Crippen molar-refractivity contribution in [3.63, 3.8) is 0 Å². The lowest BCUT2D eigenvalue weighted by Crippen LogP contribution is -1.87. The summed E-state index contributed by atoms with van der Waals surface area (Å²) in [6, 6.07) is 55.4. The van der Waals surface area contributed by atoms with Crippen molar-refractivity contribution in [2.45, 2.75) is 0 Å². The molecule has 0 bridgehead atoms. The van der Waals surface area contributed by atoms with Crippen LogP contribution in [0.15, 0.2) is 162 Å². The van der Waals surface area contributed by atoms with E-state index in [1.54, 1.807) is 0 Å². The predicted molar refractivity (Wildman–Crippen MR) is 163 cm³/mol. The first-order valence-corrected chi connectivity index (χ1v) is 13.3. The Balaban J connectivity index is 1.42. The molecule has 0 spiro atoms. The van der Waals surface area contributed by atoms with Crippen LogP contribution in [-0.4, -0.2) is 0 Å². The van der Waals surface area contributed by atoms with Crippen LogP contribution in [0.3, 0.4) is 0 Å². The van der Waals surface area contributed by atoms with Crippen LogP contribution in [0.5, 0.6) is 0 Å². The quantitative estimate of drug-likeness (QED) is 0.230. The van der Waals surface area contributed by atoms with E-state index in [0.717, 1.165) is 39.0 Å². The standard InChI is InChI=1S/C38H26O/c1-4-12-27(13-5-1)29-20-22-31(23-21-29)37-34-18-10-11-19-35(34)38(39-37)36-26-32(28-14-6-2-7-15-28)24-25-33(36)30-16-8-3-9-17-30/h1-26H. The molecule has 1 nitrogen and oxygen atoms in total. The molecule has 0 atom stereocenters. The van der Waals surface area contributed by atoms with Gasteiger partial charge in [0.25, 0.3) is 0 Å². The number of benzene rings is 6. The smallest absolute Gasteiger partial charge is 0.143 e. The highest BCUT2D eigenvalue weighted by Gasteiger charge is 2.20. The Hall–Kier alpha value is -5.14. The molecule has 1 heteroatoms. The molecule has 1 heterocycles. The topological polar surface area (TPSA) is 13.1 Å². The lowest BCUT2D eigenvalue weighted by molar-refractivity contribution is 0.602. The minimum absolute atomic E-state index is 0.893. The molecule has 1 aromatic heterocycles. The van der Waals surface area contributed by atoms with Gasteiger partial charge in [0, 0.05) is 21.9 Å². The van der Waals surface area contributed by atoms with E-state index in [0.29, 0.717) is 0 Å². The van der Waals surface area contributed by atoms with E-state index in [4.69, 9.17) is 4.42 Å². The second-order valence-corrected chi connectivity index (χ2v) is 9.74. The maximum atomic E-state index is 6.84. The zero-order valence-corrected chi connectivity index (χ0v) is 21.4. The first kappa shape index (κ1) is 23.0. The normalized spacial score (nSPS) is 11.1. The molecule has 184 valence electrons. The SMILES string of the molecule is c1ccc(-c2ccc(-c3oc(-c4cc(-c5ccccc5)ccc4-c4ccccc4)c4ccccc34)cc2)cc1. The van der Waals surface area contributed by atoms with Crippen molar-refractivity contribution in [2.24, 2.45) is 0 Å². The molecule has 7 aromatic rings. The highest BCUT2D eigenvalue weighted by molar-refractivity contribution is 6.05. The second-order valence-electron chi connectivity index (χ2n) is 9.74. The molecule has 0 saturated heterocycles. The molecule has 0 N–H and O–H groups in total. The van der Waals surface area contributed by atoms with Crippen molar-refractivity contribution < 1.29 is 4.42 Å². The van der Waals surface area contributed by atoms with E-state index < -0.39 is 0 Å². The lowest BCUT2D eigenvalue weighted by Gasteiger charge is -2.12. The van der Waals surface area contributed by atoms with Crippen molar-refractivity contribution in [1.29, 1.82) is 0 Å². The van der Waals surface area contributed by atoms with Gasteiger partial charge in [0.1, 0.15) is 11.5 Å². The minimum Gasteiger partial charge on any atom is -0.455 e. The van der Waals surface area contributed by atoms with Crippen LogP contribution in [0, 0.1) is 0 Å². The molecule has 7 rings (SSSR count). The monoisotopic (exact) mass is 498 g/mol. The third-order valence-electron chi connectivity index (χ3n) is 7.33. The third-order valence-corrected chi connectivity index (χ3v) is 7.33. The largest absolute Gasteiger partial charge is 0.455 e. The fourth-order valence-corrected chi connectivity index (χ4v) is 5.36. The molecule has 0 aliphatic rings. The molecular formula is C38H26O. The van der Waals surface area contributed by atoms with Crippen molar-refractivity contribution in [3.8, 4) is 56.0 Å². The maximum absolute atomic E-state index is 6.84. The Morgan fingerprint density at radius 3 is 1.33 bits per heavy atom. The van der Waals surface area contributed by atoms with Crippen LogP contribution < -0.4 is 0 Å². The van der Waals surface area contributed by atoms with Crippen LogP contribution in [0.4, 0.5) is 0 Å². The number of furan rings is 1. The highest BCUT2D eigenvalue weighted by atomic mass is 16.3. The zero-order valence-electron chi connectivity index (χ0n) is 21.4. The van der Waals surface area contributed by atoms with Crippen LogP contribution in [0.1, 0.15) is 0 Å². The Morgan fingerprint density at radius 1 is 0.282 bits per heavy atom. The second kappa shape index (κ2) is 9.96. The summed E-state index contributed by atoms with van der Waals surface area (Å²) in [4.78, 5) is 0. The molecule has 0 radical (unpaired) electrons. The number of fused-ring (bicyclic) bond motifs is 1. The van der Waals surface area contributed by atoms with Gasteiger partial charge < -0.3 is 4.42 Å². The molecule has 0 aliphatic carbocycles. The average molecular weight is 499 g/mol. The Labute approximate surface area is 228 Å². The molecule has 0 fully saturated rings. The molecule has 39 heavy (non-hydrogen) atoms. The lowest BCUT2D eigenvalue weighted by atomic mass is 9.92. The van der Waals surface area contributed by atoms with E-state index in [9.17, 15) is 0 Å². The van der Waals surface area contributed by atoms with Gasteiger partial charge in [-0.2, -0.15) is 0 Å². The van der Waals surface area contributed by atoms with Gasteiger partial charge in [0.2, 0.25) is 0 Å². The maximum Gasteiger partial charge on any atom is 0.143 e. The van der Waals surface area contributed by atoms with Gasteiger partial charge in [0.05, 0.1) is 0 Å². The van der Waals surface area contributed by atoms with Gasteiger partial charge in [-0.3, -0.25) is 0 Å². The first-order chi connectivity index (χ1) is 19.3. The summed E-state index contributed by atoms with van der Waals surface area (Å²) in [5, 5.41) is 2.23. The average Bonchev–Trinajstić information content (AvgIpc) is 3.42. The van der Waals surface area contributed by atoms with Gasteiger partial charge in [-0.15, -0.1) is 0 Å². The van der Waals surface area contributed by atoms with E-state index in [2.05, 4.69) is 152 Å². The van der Waals surface area contributed by atoms with Crippen LogP contribution in [0.25, 0.3) is 66.8 Å². The summed E-state index contributed by atoms with van der Waals surface area (Å²) >= 11 is 0. The summed E-state index contributed by atoms with van der Waals surface area (Å²) in [7, 11) is 0. The Bertz CT molecular complexity index is 1860. The van der Waals surface area contributed by atoms with E-state index >= 15 is 0 Å². The molecule has 0 aliphatic heterocycles. The van der Waals surface area contributed by atoms with Gasteiger partial charge in [-0.05, 0) is 39.4 Å². The highest BCUT2D eigenvalue weighted by Crippen LogP contribution is 2.44. The fourth-order valence-electron chi connectivity index (χ4n) is 5.36. The number of hydrogen-bond donors (Lipinski definition) is 0. The zero-order chi connectivity index (χ0) is 26.0. The van der Waals surface area contributed by atoms with Gasteiger partial charge in [-0.25, -0.2) is 0 Å². The third kappa shape index (κ3) is 4.35. The Morgan fingerprint density at radius 2 is 0.718 bits per heavy atom. The summed E-state index contributed by atoms with van der Waals surface area (Å²) in [5.41, 5.74) is 9.23.